The molecule has 1 fully saturated rings. The highest BCUT2D eigenvalue weighted by molar-refractivity contribution is 5.92. The Hall–Kier alpha value is -1.56. The number of nitrogen functional groups attached to an aromatic ring is 1. The summed E-state index contributed by atoms with van der Waals surface area (Å²) in [6.45, 7) is 1.90. The highest BCUT2D eigenvalue weighted by Crippen LogP contribution is 2.16. The van der Waals surface area contributed by atoms with Crippen LogP contribution in [0, 0.1) is 5.92 Å². The number of carbonyl (C=O) groups excluding carboxylic acids is 1. The lowest BCUT2D eigenvalue weighted by Crippen LogP contribution is -2.22. The van der Waals surface area contributed by atoms with Crippen LogP contribution in [-0.2, 0) is 16.5 Å². The molecule has 0 spiro atoms. The maximum atomic E-state index is 11.7. The van der Waals surface area contributed by atoms with E-state index < -0.39 is 5.97 Å². The highest BCUT2D eigenvalue weighted by Gasteiger charge is 2.19. The zero-order valence-electron chi connectivity index (χ0n) is 9.89. The second-order valence-electron chi connectivity index (χ2n) is 4.26. The third-order valence-electron chi connectivity index (χ3n) is 2.84. The summed E-state index contributed by atoms with van der Waals surface area (Å²) in [6.07, 6.45) is 3.46. The van der Waals surface area contributed by atoms with Crippen LogP contribution >= 0.6 is 0 Å². The average Bonchev–Trinajstić information content (AvgIpc) is 2.67. The molecule has 1 aromatic rings. The van der Waals surface area contributed by atoms with Crippen molar-refractivity contribution < 1.29 is 14.3 Å². The summed E-state index contributed by atoms with van der Waals surface area (Å²) in [5.74, 6) is -0.0628. The van der Waals surface area contributed by atoms with Gasteiger partial charge in [0.1, 0.15) is 0 Å². The molecule has 1 aliphatic rings. The molecule has 0 saturated carbocycles. The molecule has 2 rings (SSSR count). The number of esters is 1. The van der Waals surface area contributed by atoms with E-state index in [0.29, 0.717) is 18.2 Å². The number of ether oxygens (including phenoxy) is 2. The lowest BCUT2D eigenvalue weighted by atomic mass is 10.0. The van der Waals surface area contributed by atoms with Crippen LogP contribution in [0.4, 0.5) is 5.69 Å². The van der Waals surface area contributed by atoms with E-state index in [1.165, 1.54) is 4.68 Å². The average molecular weight is 239 g/mol. The van der Waals surface area contributed by atoms with Crippen LogP contribution in [0.25, 0.3) is 0 Å². The number of nitrogens with zero attached hydrogens (tertiary/aromatic N) is 2. The molecule has 0 unspecified atom stereocenters. The number of aryl methyl sites for hydroxylation is 1. The molecule has 2 heterocycles. The Morgan fingerprint density at radius 3 is 2.94 bits per heavy atom. The van der Waals surface area contributed by atoms with Gasteiger partial charge in [-0.2, -0.15) is 5.10 Å². The van der Waals surface area contributed by atoms with Crippen molar-refractivity contribution >= 4 is 11.7 Å². The Morgan fingerprint density at radius 2 is 2.35 bits per heavy atom. The van der Waals surface area contributed by atoms with Gasteiger partial charge in [0.25, 0.3) is 0 Å². The molecule has 6 heteroatoms. The summed E-state index contributed by atoms with van der Waals surface area (Å²) >= 11 is 0. The van der Waals surface area contributed by atoms with Crippen molar-refractivity contribution in [2.24, 2.45) is 13.0 Å². The van der Waals surface area contributed by atoms with E-state index >= 15 is 0 Å². The van der Waals surface area contributed by atoms with Gasteiger partial charge < -0.3 is 15.2 Å². The number of hydrogen-bond acceptors (Lipinski definition) is 5. The third-order valence-corrected chi connectivity index (χ3v) is 2.84. The van der Waals surface area contributed by atoms with Crippen LogP contribution in [0.5, 0.6) is 0 Å². The van der Waals surface area contributed by atoms with E-state index in [1.54, 1.807) is 13.2 Å². The van der Waals surface area contributed by atoms with E-state index in [1.807, 2.05) is 0 Å². The first-order valence-corrected chi connectivity index (χ1v) is 5.71. The Labute approximate surface area is 99.7 Å². The summed E-state index contributed by atoms with van der Waals surface area (Å²) in [5.41, 5.74) is 6.19. The second kappa shape index (κ2) is 5.18. The van der Waals surface area contributed by atoms with Crippen molar-refractivity contribution in [2.75, 3.05) is 25.6 Å². The van der Waals surface area contributed by atoms with Gasteiger partial charge in [0.15, 0.2) is 5.69 Å². The number of hydrogen-bond donors (Lipinski definition) is 1. The van der Waals surface area contributed by atoms with Gasteiger partial charge in [-0.25, -0.2) is 4.79 Å². The minimum Gasteiger partial charge on any atom is -0.461 e. The first kappa shape index (κ1) is 11.9. The molecule has 0 amide bonds. The van der Waals surface area contributed by atoms with Crippen LogP contribution in [0.15, 0.2) is 6.20 Å². The Bertz CT molecular complexity index is 397. The Morgan fingerprint density at radius 1 is 1.65 bits per heavy atom. The van der Waals surface area contributed by atoms with E-state index in [9.17, 15) is 4.79 Å². The molecule has 0 aromatic carbocycles. The van der Waals surface area contributed by atoms with Crippen molar-refractivity contribution in [2.45, 2.75) is 12.8 Å². The van der Waals surface area contributed by atoms with Crippen molar-refractivity contribution in [3.63, 3.8) is 0 Å². The molecule has 0 aliphatic carbocycles. The first-order chi connectivity index (χ1) is 8.16. The van der Waals surface area contributed by atoms with E-state index in [0.717, 1.165) is 26.1 Å². The predicted molar refractivity (Wildman–Crippen MR) is 61.4 cm³/mol. The summed E-state index contributed by atoms with van der Waals surface area (Å²) in [6, 6.07) is 0. The topological polar surface area (TPSA) is 79.4 Å². The fourth-order valence-corrected chi connectivity index (χ4v) is 1.84. The zero-order valence-corrected chi connectivity index (χ0v) is 9.89. The van der Waals surface area contributed by atoms with Crippen LogP contribution in [0.2, 0.25) is 0 Å². The number of rotatable bonds is 3. The number of carbonyl (C=O) groups is 1. The first-order valence-electron chi connectivity index (χ1n) is 5.71. The van der Waals surface area contributed by atoms with Crippen LogP contribution in [0.3, 0.4) is 0 Å². The molecule has 1 saturated heterocycles. The van der Waals surface area contributed by atoms with Crippen molar-refractivity contribution in [3.8, 4) is 0 Å². The Kier molecular flexibility index (Phi) is 3.63. The van der Waals surface area contributed by atoms with Gasteiger partial charge in [-0.05, 0) is 18.8 Å². The highest BCUT2D eigenvalue weighted by atomic mass is 16.5. The van der Waals surface area contributed by atoms with Gasteiger partial charge in [-0.1, -0.05) is 0 Å². The fraction of sp³-hybridized carbons (Fsp3) is 0.636. The number of anilines is 1. The summed E-state index contributed by atoms with van der Waals surface area (Å²) < 4.78 is 11.9. The third kappa shape index (κ3) is 2.97. The van der Waals surface area contributed by atoms with E-state index in [-0.39, 0.29) is 5.69 Å². The quantitative estimate of drug-likeness (QED) is 0.781. The zero-order chi connectivity index (χ0) is 12.3. The lowest BCUT2D eigenvalue weighted by molar-refractivity contribution is 0.0182. The molecule has 1 aliphatic heterocycles. The summed E-state index contributed by atoms with van der Waals surface area (Å²) in [5, 5.41) is 3.97. The minimum absolute atomic E-state index is 0.194. The fourth-order valence-electron chi connectivity index (χ4n) is 1.84. The van der Waals surface area contributed by atoms with Crippen molar-refractivity contribution in [1.29, 1.82) is 0 Å². The van der Waals surface area contributed by atoms with Crippen LogP contribution in [0.1, 0.15) is 23.3 Å². The molecule has 1 aromatic heterocycles. The Balaban J connectivity index is 1.86. The molecule has 17 heavy (non-hydrogen) atoms. The largest absolute Gasteiger partial charge is 0.461 e. The molecule has 94 valence electrons. The lowest BCUT2D eigenvalue weighted by Gasteiger charge is -2.21. The van der Waals surface area contributed by atoms with Gasteiger partial charge in [0.05, 0.1) is 12.3 Å². The molecule has 0 radical (unpaired) electrons. The predicted octanol–water partition coefficient (Wildman–Crippen LogP) is 0.586. The van der Waals surface area contributed by atoms with E-state index in [4.69, 9.17) is 15.2 Å². The second-order valence-corrected chi connectivity index (χ2v) is 4.26. The van der Waals surface area contributed by atoms with Gasteiger partial charge in [-0.15, -0.1) is 0 Å². The smallest absolute Gasteiger partial charge is 0.361 e. The minimum atomic E-state index is -0.449. The molecule has 0 atom stereocenters. The van der Waals surface area contributed by atoms with Gasteiger partial charge in [-0.3, -0.25) is 4.68 Å². The van der Waals surface area contributed by atoms with E-state index in [2.05, 4.69) is 5.10 Å². The van der Waals surface area contributed by atoms with Crippen LogP contribution < -0.4 is 5.73 Å². The molecule has 0 bridgehead atoms. The van der Waals surface area contributed by atoms with Crippen molar-refractivity contribution in [3.05, 3.63) is 11.9 Å². The SMILES string of the molecule is Cn1cc(N)c(C(=O)OCC2CCOCC2)n1. The normalized spacial score (nSPS) is 17.0. The summed E-state index contributed by atoms with van der Waals surface area (Å²) in [4.78, 5) is 11.7. The molecule has 2 N–H and O–H groups in total. The standard InChI is InChI=1S/C11H17N3O3/c1-14-6-9(12)10(13-14)11(15)17-7-8-2-4-16-5-3-8/h6,8H,2-5,7,12H2,1H3. The number of nitrogens with two attached hydrogens (primary N) is 1. The molecule has 6 nitrogen and oxygen atoms in total. The molecular weight excluding hydrogens is 222 g/mol. The van der Waals surface area contributed by atoms with Crippen molar-refractivity contribution in [1.82, 2.24) is 9.78 Å². The monoisotopic (exact) mass is 239 g/mol. The van der Waals surface area contributed by atoms with Gasteiger partial charge in [0.2, 0.25) is 0 Å². The number of aromatic nitrogens is 2. The van der Waals surface area contributed by atoms with Crippen LogP contribution in [-0.4, -0.2) is 35.6 Å². The molecular formula is C11H17N3O3. The van der Waals surface area contributed by atoms with Gasteiger partial charge in [0, 0.05) is 26.5 Å². The maximum Gasteiger partial charge on any atom is 0.361 e. The summed E-state index contributed by atoms with van der Waals surface area (Å²) in [7, 11) is 1.71. The maximum absolute atomic E-state index is 11.7. The van der Waals surface area contributed by atoms with Gasteiger partial charge >= 0.3 is 5.97 Å².